The molecule has 12 heteroatoms. The summed E-state index contributed by atoms with van der Waals surface area (Å²) in [5.41, 5.74) is -0.344. The van der Waals surface area contributed by atoms with Crippen LogP contribution in [0.1, 0.15) is 25.7 Å². The molecule has 3 aliphatic heterocycles. The number of urea groups is 1. The second-order valence-electron chi connectivity index (χ2n) is 7.69. The summed E-state index contributed by atoms with van der Waals surface area (Å²) in [6, 6.07) is 3.00. The molecule has 0 aromatic carbocycles. The molecule has 31 heavy (non-hydrogen) atoms. The van der Waals surface area contributed by atoms with Crippen molar-refractivity contribution in [3.63, 3.8) is 0 Å². The van der Waals surface area contributed by atoms with Crippen LogP contribution in [0, 0.1) is 5.82 Å². The van der Waals surface area contributed by atoms with Gasteiger partial charge < -0.3 is 24.4 Å². The average molecular weight is 449 g/mol. The number of carbonyl (C=O) groups excluding carboxylic acids is 1. The number of nitrogens with zero attached hydrogens (tertiary/aromatic N) is 3. The number of amides is 2. The minimum atomic E-state index is -5.08. The molecule has 3 fully saturated rings. The smallest absolute Gasteiger partial charge is 0.475 e. The lowest BCUT2D eigenvalue weighted by atomic mass is 9.85. The Morgan fingerprint density at radius 1 is 1.23 bits per heavy atom. The summed E-state index contributed by atoms with van der Waals surface area (Å²) in [5.74, 6) is -3.16. The van der Waals surface area contributed by atoms with E-state index in [-0.39, 0.29) is 23.6 Å². The number of halogens is 4. The van der Waals surface area contributed by atoms with E-state index >= 15 is 0 Å². The zero-order valence-corrected chi connectivity index (χ0v) is 16.6. The first-order valence-corrected chi connectivity index (χ1v) is 9.85. The van der Waals surface area contributed by atoms with Gasteiger partial charge in [0.2, 0.25) is 0 Å². The molecule has 4 heterocycles. The van der Waals surface area contributed by atoms with Crippen molar-refractivity contribution in [3.8, 4) is 5.88 Å². The Morgan fingerprint density at radius 3 is 2.45 bits per heavy atom. The number of carboxylic acids is 1. The molecule has 1 spiro atoms. The third-order valence-corrected chi connectivity index (χ3v) is 5.30. The molecule has 2 amide bonds. The van der Waals surface area contributed by atoms with Crippen LogP contribution in [0.3, 0.4) is 0 Å². The van der Waals surface area contributed by atoms with Crippen LogP contribution in [0.25, 0.3) is 0 Å². The van der Waals surface area contributed by atoms with E-state index < -0.39 is 18.0 Å². The van der Waals surface area contributed by atoms with Crippen molar-refractivity contribution in [1.82, 2.24) is 14.8 Å². The van der Waals surface area contributed by atoms with Crippen molar-refractivity contribution in [1.29, 1.82) is 0 Å². The third-order valence-electron chi connectivity index (χ3n) is 5.30. The number of ether oxygens (including phenoxy) is 2. The zero-order chi connectivity index (χ0) is 22.6. The molecule has 1 aromatic heterocycles. The molecule has 1 unspecified atom stereocenters. The Labute approximate surface area is 175 Å². The number of hydrogen-bond donors (Lipinski definition) is 1. The molecule has 3 saturated heterocycles. The van der Waals surface area contributed by atoms with Gasteiger partial charge in [-0.05, 0) is 25.0 Å². The Kier molecular flexibility index (Phi) is 6.87. The Bertz CT molecular complexity index is 795. The van der Waals surface area contributed by atoms with E-state index in [1.807, 2.05) is 9.80 Å². The van der Waals surface area contributed by atoms with E-state index in [1.54, 1.807) is 6.07 Å². The number of aromatic nitrogens is 1. The summed E-state index contributed by atoms with van der Waals surface area (Å²) in [6.45, 7) is 3.45. The summed E-state index contributed by atoms with van der Waals surface area (Å²) in [6.07, 6.45) is -0.149. The van der Waals surface area contributed by atoms with Crippen LogP contribution >= 0.6 is 0 Å². The number of hydrogen-bond acceptors (Lipinski definition) is 5. The summed E-state index contributed by atoms with van der Waals surface area (Å²) in [7, 11) is 0. The standard InChI is InChI=1S/C17H22FN3O3.C2HF3O2/c18-14-4-3-6-19-15(14)24-13-5-9-23-17(10-13)11-21(12-17)16(22)20-7-1-2-8-20;3-2(4,5)1(6)7/h3-4,6,13H,1-2,5,7-12H2;(H,6,7). The first-order valence-electron chi connectivity index (χ1n) is 9.85. The van der Waals surface area contributed by atoms with E-state index in [0.29, 0.717) is 32.5 Å². The van der Waals surface area contributed by atoms with Crippen molar-refractivity contribution < 1.29 is 41.7 Å². The molecular formula is C19H23F4N3O5. The number of likely N-dealkylation sites (tertiary alicyclic amines) is 2. The predicted octanol–water partition coefficient (Wildman–Crippen LogP) is 2.68. The minimum absolute atomic E-state index is 0.0453. The fraction of sp³-hybridized carbons (Fsp3) is 0.632. The van der Waals surface area contributed by atoms with E-state index in [4.69, 9.17) is 19.4 Å². The van der Waals surface area contributed by atoms with E-state index in [0.717, 1.165) is 25.9 Å². The van der Waals surface area contributed by atoms with Gasteiger partial charge in [-0.15, -0.1) is 0 Å². The lowest BCUT2D eigenvalue weighted by molar-refractivity contribution is -0.192. The monoisotopic (exact) mass is 449 g/mol. The van der Waals surface area contributed by atoms with Crippen LogP contribution < -0.4 is 4.74 Å². The van der Waals surface area contributed by atoms with Gasteiger partial charge in [-0.1, -0.05) is 0 Å². The number of carboxylic acid groups (broad SMARTS) is 1. The summed E-state index contributed by atoms with van der Waals surface area (Å²) >= 11 is 0. The highest BCUT2D eigenvalue weighted by atomic mass is 19.4. The lowest BCUT2D eigenvalue weighted by Crippen LogP contribution is -2.69. The number of alkyl halides is 3. The minimum Gasteiger partial charge on any atom is -0.475 e. The number of pyridine rings is 1. The molecule has 0 radical (unpaired) electrons. The van der Waals surface area contributed by atoms with Gasteiger partial charge in [0.05, 0.1) is 19.7 Å². The van der Waals surface area contributed by atoms with Gasteiger partial charge in [0.1, 0.15) is 11.7 Å². The van der Waals surface area contributed by atoms with Crippen LogP contribution in [-0.4, -0.2) is 82.6 Å². The molecule has 0 saturated carbocycles. The highest BCUT2D eigenvalue weighted by Crippen LogP contribution is 2.36. The third kappa shape index (κ3) is 5.75. The van der Waals surface area contributed by atoms with Gasteiger partial charge in [-0.2, -0.15) is 13.2 Å². The molecule has 0 bridgehead atoms. The van der Waals surface area contributed by atoms with Crippen LogP contribution in [0.4, 0.5) is 22.4 Å². The molecule has 1 aromatic rings. The Morgan fingerprint density at radius 2 is 1.87 bits per heavy atom. The van der Waals surface area contributed by atoms with Crippen molar-refractivity contribution in [2.75, 3.05) is 32.8 Å². The van der Waals surface area contributed by atoms with Crippen LogP contribution in [0.5, 0.6) is 5.88 Å². The fourth-order valence-electron chi connectivity index (χ4n) is 3.81. The van der Waals surface area contributed by atoms with Gasteiger partial charge in [-0.3, -0.25) is 0 Å². The van der Waals surface area contributed by atoms with E-state index in [9.17, 15) is 22.4 Å². The predicted molar refractivity (Wildman–Crippen MR) is 98.0 cm³/mol. The molecule has 172 valence electrons. The maximum absolute atomic E-state index is 13.7. The molecular weight excluding hydrogens is 426 g/mol. The number of carbonyl (C=O) groups is 2. The highest BCUT2D eigenvalue weighted by molar-refractivity contribution is 5.76. The SMILES string of the molecule is O=C(N1CCCC1)N1CC2(CC(Oc3ncccc3F)CCO2)C1.O=C(O)C(F)(F)F. The van der Waals surface area contributed by atoms with Gasteiger partial charge in [0.25, 0.3) is 5.88 Å². The van der Waals surface area contributed by atoms with E-state index in [1.165, 1.54) is 12.3 Å². The van der Waals surface area contributed by atoms with E-state index in [2.05, 4.69) is 4.98 Å². The highest BCUT2D eigenvalue weighted by Gasteiger charge is 2.51. The molecule has 3 aliphatic rings. The van der Waals surface area contributed by atoms with Gasteiger partial charge >= 0.3 is 18.2 Å². The van der Waals surface area contributed by atoms with Crippen LogP contribution in [0.15, 0.2) is 18.3 Å². The molecule has 0 aliphatic carbocycles. The Balaban J connectivity index is 0.000000339. The quantitative estimate of drug-likeness (QED) is 0.698. The second kappa shape index (κ2) is 9.25. The number of aliphatic carboxylic acids is 1. The molecule has 1 N–H and O–H groups in total. The Hall–Kier alpha value is -2.63. The van der Waals surface area contributed by atoms with Crippen molar-refractivity contribution >= 4 is 12.0 Å². The maximum Gasteiger partial charge on any atom is 0.490 e. The molecule has 8 nitrogen and oxygen atoms in total. The second-order valence-corrected chi connectivity index (χ2v) is 7.69. The van der Waals surface area contributed by atoms with Crippen LogP contribution in [-0.2, 0) is 9.53 Å². The normalized spacial score (nSPS) is 22.4. The number of rotatable bonds is 2. The zero-order valence-electron chi connectivity index (χ0n) is 16.6. The fourth-order valence-corrected chi connectivity index (χ4v) is 3.81. The summed E-state index contributed by atoms with van der Waals surface area (Å²) < 4.78 is 57.1. The molecule has 4 rings (SSSR count). The lowest BCUT2D eigenvalue weighted by Gasteiger charge is -2.53. The first-order chi connectivity index (χ1) is 14.6. The van der Waals surface area contributed by atoms with Crippen molar-refractivity contribution in [2.24, 2.45) is 0 Å². The average Bonchev–Trinajstić information content (AvgIpc) is 3.22. The summed E-state index contributed by atoms with van der Waals surface area (Å²) in [5, 5.41) is 7.12. The van der Waals surface area contributed by atoms with Crippen LogP contribution in [0.2, 0.25) is 0 Å². The first kappa shape index (κ1) is 23.0. The van der Waals surface area contributed by atoms with Crippen molar-refractivity contribution in [2.45, 2.75) is 43.6 Å². The summed E-state index contributed by atoms with van der Waals surface area (Å²) in [4.78, 5) is 29.0. The van der Waals surface area contributed by atoms with Gasteiger partial charge in [0, 0.05) is 32.1 Å². The largest absolute Gasteiger partial charge is 0.490 e. The topological polar surface area (TPSA) is 92.2 Å². The van der Waals surface area contributed by atoms with Gasteiger partial charge in [0.15, 0.2) is 5.82 Å². The maximum atomic E-state index is 13.7. The van der Waals surface area contributed by atoms with Crippen molar-refractivity contribution in [3.05, 3.63) is 24.1 Å². The molecule has 1 atom stereocenters. The van der Waals surface area contributed by atoms with Gasteiger partial charge in [-0.25, -0.2) is 19.0 Å².